The lowest BCUT2D eigenvalue weighted by molar-refractivity contribution is 0.161. The van der Waals surface area contributed by atoms with Gasteiger partial charge < -0.3 is 15.2 Å². The van der Waals surface area contributed by atoms with E-state index in [2.05, 4.69) is 73.0 Å². The van der Waals surface area contributed by atoms with Gasteiger partial charge in [0.15, 0.2) is 5.65 Å². The van der Waals surface area contributed by atoms with Crippen molar-refractivity contribution in [3.05, 3.63) is 34.2 Å². The summed E-state index contributed by atoms with van der Waals surface area (Å²) >= 11 is 1.78. The van der Waals surface area contributed by atoms with Gasteiger partial charge in [-0.2, -0.15) is 5.10 Å². The van der Waals surface area contributed by atoms with Gasteiger partial charge in [0.25, 0.3) is 0 Å². The van der Waals surface area contributed by atoms with E-state index in [0.29, 0.717) is 18.0 Å². The van der Waals surface area contributed by atoms with Crippen LogP contribution in [0.5, 0.6) is 0 Å². The number of fused-ring (bicyclic) bond motifs is 2. The van der Waals surface area contributed by atoms with E-state index < -0.39 is 0 Å². The molecule has 4 aromatic heterocycles. The lowest BCUT2D eigenvalue weighted by atomic mass is 9.96. The Morgan fingerprint density at radius 3 is 2.61 bits per heavy atom. The van der Waals surface area contributed by atoms with Crippen LogP contribution in [-0.4, -0.2) is 54.6 Å². The van der Waals surface area contributed by atoms with Crippen molar-refractivity contribution in [3.8, 4) is 11.3 Å². The maximum Gasteiger partial charge on any atom is 0.158 e. The van der Waals surface area contributed by atoms with Gasteiger partial charge in [-0.15, -0.1) is 0 Å². The van der Waals surface area contributed by atoms with Gasteiger partial charge in [-0.3, -0.25) is 0 Å². The summed E-state index contributed by atoms with van der Waals surface area (Å²) in [5.74, 6) is 0.364. The first-order valence-corrected chi connectivity index (χ1v) is 12.9. The van der Waals surface area contributed by atoms with Gasteiger partial charge in [-0.25, -0.2) is 14.5 Å². The van der Waals surface area contributed by atoms with Gasteiger partial charge in [-0.05, 0) is 70.7 Å². The van der Waals surface area contributed by atoms with Crippen LogP contribution in [0, 0.1) is 13.8 Å². The SMILES string of the molecule is Cc1c(-c2[nH]c3sc(CNC4CCN(C(C)C)CC4)nc3c2C(C)C)cn2ncnc2c1C. The molecule has 0 atom stereocenters. The number of pyridine rings is 1. The number of hydrogen-bond donors (Lipinski definition) is 2. The molecule has 1 saturated heterocycles. The molecule has 0 aromatic carbocycles. The summed E-state index contributed by atoms with van der Waals surface area (Å²) in [6, 6.07) is 1.23. The van der Waals surface area contributed by atoms with Crippen molar-refractivity contribution in [2.24, 2.45) is 0 Å². The van der Waals surface area contributed by atoms with E-state index >= 15 is 0 Å². The number of aromatic amines is 1. The molecular weight excluding hydrogens is 430 g/mol. The Morgan fingerprint density at radius 2 is 1.91 bits per heavy atom. The van der Waals surface area contributed by atoms with Crippen LogP contribution in [0.3, 0.4) is 0 Å². The molecule has 2 N–H and O–H groups in total. The van der Waals surface area contributed by atoms with Crippen molar-refractivity contribution in [2.45, 2.75) is 78.9 Å². The molecule has 7 nitrogen and oxygen atoms in total. The topological polar surface area (TPSA) is 74.1 Å². The molecule has 1 fully saturated rings. The molecule has 8 heteroatoms. The molecule has 33 heavy (non-hydrogen) atoms. The first-order valence-electron chi connectivity index (χ1n) is 12.1. The third-order valence-corrected chi connectivity index (χ3v) is 8.18. The molecule has 0 bridgehead atoms. The first kappa shape index (κ1) is 22.5. The van der Waals surface area contributed by atoms with E-state index in [1.54, 1.807) is 17.7 Å². The number of hydrogen-bond acceptors (Lipinski definition) is 6. The minimum Gasteiger partial charge on any atom is -0.345 e. The second-order valence-corrected chi connectivity index (χ2v) is 11.0. The van der Waals surface area contributed by atoms with Crippen LogP contribution >= 0.6 is 11.3 Å². The molecule has 1 aliphatic heterocycles. The number of thiazole rings is 1. The number of H-pyrrole nitrogens is 1. The van der Waals surface area contributed by atoms with Crippen LogP contribution in [0.25, 0.3) is 27.3 Å². The van der Waals surface area contributed by atoms with Crippen LogP contribution in [0.15, 0.2) is 12.5 Å². The molecule has 0 amide bonds. The Labute approximate surface area is 199 Å². The highest BCUT2D eigenvalue weighted by Crippen LogP contribution is 2.39. The fourth-order valence-electron chi connectivity index (χ4n) is 5.09. The Bertz CT molecular complexity index is 1270. The van der Waals surface area contributed by atoms with Crippen LogP contribution in [0.4, 0.5) is 0 Å². The van der Waals surface area contributed by atoms with E-state index in [1.807, 2.05) is 4.52 Å². The lowest BCUT2D eigenvalue weighted by Gasteiger charge is -2.34. The molecule has 1 aliphatic rings. The minimum absolute atomic E-state index is 0.364. The van der Waals surface area contributed by atoms with Gasteiger partial charge in [0.05, 0.1) is 5.69 Å². The summed E-state index contributed by atoms with van der Waals surface area (Å²) in [5.41, 5.74) is 8.07. The highest BCUT2D eigenvalue weighted by atomic mass is 32.1. The van der Waals surface area contributed by atoms with Crippen molar-refractivity contribution in [1.29, 1.82) is 0 Å². The molecular formula is C25H35N7S. The van der Waals surface area contributed by atoms with Gasteiger partial charge in [0.1, 0.15) is 21.7 Å². The molecule has 0 saturated carbocycles. The molecule has 0 unspecified atom stereocenters. The van der Waals surface area contributed by atoms with E-state index in [9.17, 15) is 0 Å². The number of aryl methyl sites for hydroxylation is 1. The van der Waals surface area contributed by atoms with Crippen molar-refractivity contribution in [1.82, 2.24) is 34.8 Å². The maximum absolute atomic E-state index is 5.09. The number of nitrogens with zero attached hydrogens (tertiary/aromatic N) is 5. The predicted molar refractivity (Wildman–Crippen MR) is 136 cm³/mol. The highest BCUT2D eigenvalue weighted by Gasteiger charge is 2.24. The number of likely N-dealkylation sites (tertiary alicyclic amines) is 1. The zero-order valence-electron chi connectivity index (χ0n) is 20.6. The maximum atomic E-state index is 5.09. The van der Waals surface area contributed by atoms with Gasteiger partial charge in [0, 0.05) is 36.0 Å². The average Bonchev–Trinajstić information content (AvgIpc) is 3.48. The average molecular weight is 466 g/mol. The van der Waals surface area contributed by atoms with Crippen LogP contribution in [-0.2, 0) is 6.54 Å². The lowest BCUT2D eigenvalue weighted by Crippen LogP contribution is -2.44. The fraction of sp³-hybridized carbons (Fsp3) is 0.560. The number of nitrogens with one attached hydrogen (secondary N) is 2. The smallest absolute Gasteiger partial charge is 0.158 e. The van der Waals surface area contributed by atoms with Crippen LogP contribution in [0.2, 0.25) is 0 Å². The molecule has 4 aromatic rings. The second-order valence-electron chi connectivity index (χ2n) is 9.96. The van der Waals surface area contributed by atoms with Gasteiger partial charge >= 0.3 is 0 Å². The number of rotatable bonds is 6. The summed E-state index contributed by atoms with van der Waals surface area (Å²) in [6.45, 7) is 16.6. The van der Waals surface area contributed by atoms with E-state index in [-0.39, 0.29) is 0 Å². The van der Waals surface area contributed by atoms with E-state index in [0.717, 1.165) is 33.2 Å². The third-order valence-electron chi connectivity index (χ3n) is 7.21. The van der Waals surface area contributed by atoms with Crippen LogP contribution < -0.4 is 5.32 Å². The molecule has 0 spiro atoms. The number of aromatic nitrogens is 5. The van der Waals surface area contributed by atoms with Gasteiger partial charge in [-0.1, -0.05) is 25.2 Å². The largest absolute Gasteiger partial charge is 0.345 e. The van der Waals surface area contributed by atoms with Gasteiger partial charge in [0.2, 0.25) is 0 Å². The molecule has 176 valence electrons. The summed E-state index contributed by atoms with van der Waals surface area (Å²) < 4.78 is 1.88. The highest BCUT2D eigenvalue weighted by molar-refractivity contribution is 7.18. The Hall–Kier alpha value is -2.29. The Kier molecular flexibility index (Phi) is 6.01. The second kappa shape index (κ2) is 8.81. The summed E-state index contributed by atoms with van der Waals surface area (Å²) in [4.78, 5) is 17.0. The van der Waals surface area contributed by atoms with Crippen molar-refractivity contribution in [2.75, 3.05) is 13.1 Å². The summed E-state index contributed by atoms with van der Waals surface area (Å²) in [6.07, 6.45) is 6.14. The zero-order chi connectivity index (χ0) is 23.3. The Morgan fingerprint density at radius 1 is 1.15 bits per heavy atom. The van der Waals surface area contributed by atoms with E-state index in [4.69, 9.17) is 4.98 Å². The number of piperidine rings is 1. The fourth-order valence-corrected chi connectivity index (χ4v) is 6.02. The normalized spacial score (nSPS) is 16.2. The van der Waals surface area contributed by atoms with Crippen molar-refractivity contribution < 1.29 is 0 Å². The quantitative estimate of drug-likeness (QED) is 0.417. The summed E-state index contributed by atoms with van der Waals surface area (Å²) in [5, 5.41) is 9.32. The minimum atomic E-state index is 0.364. The predicted octanol–water partition coefficient (Wildman–Crippen LogP) is 5.04. The Balaban J connectivity index is 1.41. The molecule has 5 rings (SSSR count). The monoisotopic (exact) mass is 465 g/mol. The third kappa shape index (κ3) is 4.09. The first-order chi connectivity index (χ1) is 15.8. The summed E-state index contributed by atoms with van der Waals surface area (Å²) in [7, 11) is 0. The molecule has 0 radical (unpaired) electrons. The standard InChI is InChI=1S/C25H35N7S/c1-14(2)21-22(19-12-32-24(27-13-28-32)17(6)16(19)5)30-25-23(21)29-20(33-25)11-26-18-7-9-31(10-8-18)15(3)4/h12-15,18,26,30H,7-11H2,1-6H3. The molecule has 0 aliphatic carbocycles. The van der Waals surface area contributed by atoms with Crippen molar-refractivity contribution >= 4 is 27.3 Å². The molecule has 5 heterocycles. The zero-order valence-corrected chi connectivity index (χ0v) is 21.4. The van der Waals surface area contributed by atoms with E-state index in [1.165, 1.54) is 48.2 Å². The van der Waals surface area contributed by atoms with Crippen molar-refractivity contribution in [3.63, 3.8) is 0 Å². The van der Waals surface area contributed by atoms with Crippen LogP contribution in [0.1, 0.15) is 68.2 Å².